The van der Waals surface area contributed by atoms with Crippen molar-refractivity contribution in [3.8, 4) is 0 Å². The van der Waals surface area contributed by atoms with Gasteiger partial charge in [-0.1, -0.05) is 38.1 Å². The van der Waals surface area contributed by atoms with Crippen LogP contribution in [0.15, 0.2) is 24.3 Å². The molecule has 1 aromatic rings. The first-order valence-electron chi connectivity index (χ1n) is 6.98. The van der Waals surface area contributed by atoms with Crippen molar-refractivity contribution in [1.82, 2.24) is 4.90 Å². The molecule has 0 aliphatic rings. The molecule has 0 spiro atoms. The minimum atomic E-state index is 0.273. The fraction of sp³-hybridized carbons (Fsp3) is 0.625. The Bertz CT molecular complexity index is 329. The summed E-state index contributed by atoms with van der Waals surface area (Å²) in [5, 5.41) is 8.93. The standard InChI is InChI=1S/C16H27NO/c1-13(2)16-8-6-15(7-9-16)12-17(14(3)4)10-5-11-18/h6-9,13-14,18H,5,10-12H2,1-4H3. The zero-order valence-corrected chi connectivity index (χ0v) is 12.2. The van der Waals surface area contributed by atoms with E-state index < -0.39 is 0 Å². The van der Waals surface area contributed by atoms with Crippen molar-refractivity contribution in [2.75, 3.05) is 13.2 Å². The second kappa shape index (κ2) is 7.55. The number of rotatable bonds is 7. The maximum atomic E-state index is 8.93. The summed E-state index contributed by atoms with van der Waals surface area (Å²) in [6.45, 7) is 11.1. The Morgan fingerprint density at radius 3 is 2.11 bits per heavy atom. The zero-order valence-electron chi connectivity index (χ0n) is 12.2. The molecule has 0 aliphatic heterocycles. The van der Waals surface area contributed by atoms with Gasteiger partial charge < -0.3 is 5.11 Å². The van der Waals surface area contributed by atoms with Gasteiger partial charge in [0.15, 0.2) is 0 Å². The Labute approximate surface area is 112 Å². The van der Waals surface area contributed by atoms with Crippen LogP contribution in [0, 0.1) is 0 Å². The van der Waals surface area contributed by atoms with Crippen molar-refractivity contribution in [2.45, 2.75) is 52.6 Å². The second-order valence-electron chi connectivity index (χ2n) is 5.54. The van der Waals surface area contributed by atoms with Crippen LogP contribution in [-0.4, -0.2) is 29.2 Å². The van der Waals surface area contributed by atoms with Crippen LogP contribution in [0.5, 0.6) is 0 Å². The van der Waals surface area contributed by atoms with E-state index in [1.807, 2.05) is 0 Å². The summed E-state index contributed by atoms with van der Waals surface area (Å²) in [6, 6.07) is 9.42. The lowest BCUT2D eigenvalue weighted by Gasteiger charge is -2.26. The predicted octanol–water partition coefficient (Wildman–Crippen LogP) is 3.40. The van der Waals surface area contributed by atoms with Crippen LogP contribution < -0.4 is 0 Å². The van der Waals surface area contributed by atoms with Crippen LogP contribution >= 0.6 is 0 Å². The van der Waals surface area contributed by atoms with Gasteiger partial charge in [-0.05, 0) is 37.3 Å². The Kier molecular flexibility index (Phi) is 6.37. The lowest BCUT2D eigenvalue weighted by atomic mass is 10.0. The average Bonchev–Trinajstić information content (AvgIpc) is 2.34. The van der Waals surface area contributed by atoms with Crippen molar-refractivity contribution in [1.29, 1.82) is 0 Å². The van der Waals surface area contributed by atoms with Gasteiger partial charge in [0, 0.05) is 25.7 Å². The van der Waals surface area contributed by atoms with E-state index in [9.17, 15) is 0 Å². The Hall–Kier alpha value is -0.860. The molecule has 102 valence electrons. The van der Waals surface area contributed by atoms with Crippen molar-refractivity contribution < 1.29 is 5.11 Å². The molecule has 0 radical (unpaired) electrons. The number of hydrogen-bond donors (Lipinski definition) is 1. The lowest BCUT2D eigenvalue weighted by Crippen LogP contribution is -2.31. The van der Waals surface area contributed by atoms with Gasteiger partial charge >= 0.3 is 0 Å². The molecule has 0 amide bonds. The summed E-state index contributed by atoms with van der Waals surface area (Å²) >= 11 is 0. The molecule has 18 heavy (non-hydrogen) atoms. The van der Waals surface area contributed by atoms with E-state index in [2.05, 4.69) is 56.9 Å². The van der Waals surface area contributed by atoms with Crippen molar-refractivity contribution in [3.05, 3.63) is 35.4 Å². The molecule has 1 N–H and O–H groups in total. The molecule has 1 rings (SSSR count). The highest BCUT2D eigenvalue weighted by molar-refractivity contribution is 5.24. The van der Waals surface area contributed by atoms with Gasteiger partial charge in [0.2, 0.25) is 0 Å². The minimum absolute atomic E-state index is 0.273. The summed E-state index contributed by atoms with van der Waals surface area (Å²) < 4.78 is 0. The third-order valence-electron chi connectivity index (χ3n) is 3.37. The van der Waals surface area contributed by atoms with Crippen LogP contribution in [0.2, 0.25) is 0 Å². The number of aliphatic hydroxyl groups excluding tert-OH is 1. The van der Waals surface area contributed by atoms with Crippen LogP contribution in [0.4, 0.5) is 0 Å². The summed E-state index contributed by atoms with van der Waals surface area (Å²) in [5.74, 6) is 0.592. The smallest absolute Gasteiger partial charge is 0.0443 e. The van der Waals surface area contributed by atoms with Gasteiger partial charge in [-0.25, -0.2) is 0 Å². The minimum Gasteiger partial charge on any atom is -0.396 e. The van der Waals surface area contributed by atoms with Gasteiger partial charge in [-0.2, -0.15) is 0 Å². The largest absolute Gasteiger partial charge is 0.396 e. The van der Waals surface area contributed by atoms with E-state index in [-0.39, 0.29) is 6.61 Å². The van der Waals surface area contributed by atoms with E-state index in [0.29, 0.717) is 12.0 Å². The second-order valence-corrected chi connectivity index (χ2v) is 5.54. The number of nitrogens with zero attached hydrogens (tertiary/aromatic N) is 1. The Morgan fingerprint density at radius 2 is 1.67 bits per heavy atom. The Morgan fingerprint density at radius 1 is 1.06 bits per heavy atom. The molecule has 0 bridgehead atoms. The molecule has 0 saturated carbocycles. The SMILES string of the molecule is CC(C)c1ccc(CN(CCCO)C(C)C)cc1. The Balaban J connectivity index is 2.63. The molecular weight excluding hydrogens is 222 g/mol. The van der Waals surface area contributed by atoms with E-state index >= 15 is 0 Å². The summed E-state index contributed by atoms with van der Waals surface area (Å²) in [5.41, 5.74) is 2.75. The van der Waals surface area contributed by atoms with Gasteiger partial charge in [0.25, 0.3) is 0 Å². The first-order chi connectivity index (χ1) is 8.54. The van der Waals surface area contributed by atoms with Gasteiger partial charge in [0.05, 0.1) is 0 Å². The maximum Gasteiger partial charge on any atom is 0.0443 e. The predicted molar refractivity (Wildman–Crippen MR) is 77.8 cm³/mol. The molecule has 2 heteroatoms. The molecule has 0 aliphatic carbocycles. The van der Waals surface area contributed by atoms with Crippen molar-refractivity contribution >= 4 is 0 Å². The molecule has 0 fully saturated rings. The fourth-order valence-corrected chi connectivity index (χ4v) is 2.04. The zero-order chi connectivity index (χ0) is 13.5. The first kappa shape index (κ1) is 15.2. The van der Waals surface area contributed by atoms with E-state index in [0.717, 1.165) is 19.5 Å². The van der Waals surface area contributed by atoms with E-state index in [4.69, 9.17) is 5.11 Å². The maximum absolute atomic E-state index is 8.93. The van der Waals surface area contributed by atoms with Gasteiger partial charge in [-0.15, -0.1) is 0 Å². The molecular formula is C16H27NO. The third kappa shape index (κ3) is 4.79. The highest BCUT2D eigenvalue weighted by Gasteiger charge is 2.09. The van der Waals surface area contributed by atoms with Crippen molar-refractivity contribution in [2.24, 2.45) is 0 Å². The summed E-state index contributed by atoms with van der Waals surface area (Å²) in [6.07, 6.45) is 0.849. The summed E-state index contributed by atoms with van der Waals surface area (Å²) in [4.78, 5) is 2.40. The number of hydrogen-bond acceptors (Lipinski definition) is 2. The molecule has 0 heterocycles. The topological polar surface area (TPSA) is 23.5 Å². The van der Waals surface area contributed by atoms with Crippen LogP contribution in [0.1, 0.15) is 51.2 Å². The van der Waals surface area contributed by atoms with Crippen LogP contribution in [-0.2, 0) is 6.54 Å². The number of aliphatic hydroxyl groups is 1. The molecule has 0 atom stereocenters. The average molecular weight is 249 g/mol. The monoisotopic (exact) mass is 249 g/mol. The lowest BCUT2D eigenvalue weighted by molar-refractivity contribution is 0.185. The number of benzene rings is 1. The highest BCUT2D eigenvalue weighted by atomic mass is 16.3. The molecule has 2 nitrogen and oxygen atoms in total. The third-order valence-corrected chi connectivity index (χ3v) is 3.37. The quantitative estimate of drug-likeness (QED) is 0.800. The van der Waals surface area contributed by atoms with Crippen molar-refractivity contribution in [3.63, 3.8) is 0 Å². The summed E-state index contributed by atoms with van der Waals surface area (Å²) in [7, 11) is 0. The fourth-order valence-electron chi connectivity index (χ4n) is 2.04. The van der Waals surface area contributed by atoms with Gasteiger partial charge in [0.1, 0.15) is 0 Å². The molecule has 0 unspecified atom stereocenters. The van der Waals surface area contributed by atoms with Crippen LogP contribution in [0.25, 0.3) is 0 Å². The molecule has 0 saturated heterocycles. The molecule has 1 aromatic carbocycles. The van der Waals surface area contributed by atoms with E-state index in [1.54, 1.807) is 0 Å². The first-order valence-corrected chi connectivity index (χ1v) is 6.98. The van der Waals surface area contributed by atoms with E-state index in [1.165, 1.54) is 11.1 Å². The highest BCUT2D eigenvalue weighted by Crippen LogP contribution is 2.16. The normalized spacial score (nSPS) is 11.8. The molecule has 0 aromatic heterocycles. The van der Waals surface area contributed by atoms with Gasteiger partial charge in [-0.3, -0.25) is 4.90 Å². The van der Waals surface area contributed by atoms with Crippen LogP contribution in [0.3, 0.4) is 0 Å².